The molecule has 0 aliphatic rings. The topological polar surface area (TPSA) is 95.9 Å². The third-order valence-corrected chi connectivity index (χ3v) is 11.3. The molecule has 0 spiro atoms. The van der Waals surface area contributed by atoms with Crippen molar-refractivity contribution < 1.29 is 24.5 Å². The maximum absolute atomic E-state index is 12.4. The molecule has 0 radical (unpaired) electrons. The SMILES string of the molecule is CCCC/C=C\C/C=C\CCCCCCCC(=O)OCCCCCC/C=C\CCCCCCCCCC(=O)NC(CO)C(O)/C=C/CCCCCCCCCCCCC. The minimum absolute atomic E-state index is 0.0269. The summed E-state index contributed by atoms with van der Waals surface area (Å²) < 4.78 is 5.44. The first-order valence-electron chi connectivity index (χ1n) is 25.4. The van der Waals surface area contributed by atoms with Crippen LogP contribution in [0.2, 0.25) is 0 Å². The van der Waals surface area contributed by atoms with Gasteiger partial charge in [-0.25, -0.2) is 0 Å². The van der Waals surface area contributed by atoms with E-state index in [0.717, 1.165) is 83.5 Å². The molecular formula is C53H97NO5. The lowest BCUT2D eigenvalue weighted by Crippen LogP contribution is -2.45. The van der Waals surface area contributed by atoms with E-state index in [-0.39, 0.29) is 18.5 Å². The highest BCUT2D eigenvalue weighted by atomic mass is 16.5. The van der Waals surface area contributed by atoms with Crippen molar-refractivity contribution in [1.82, 2.24) is 5.32 Å². The summed E-state index contributed by atoms with van der Waals surface area (Å²) in [7, 11) is 0. The number of hydrogen-bond donors (Lipinski definition) is 3. The number of carbonyl (C=O) groups is 2. The van der Waals surface area contributed by atoms with Gasteiger partial charge in [0.2, 0.25) is 5.91 Å². The van der Waals surface area contributed by atoms with Crippen molar-refractivity contribution in [3.63, 3.8) is 0 Å². The predicted molar refractivity (Wildman–Crippen MR) is 255 cm³/mol. The van der Waals surface area contributed by atoms with Crippen LogP contribution in [0.4, 0.5) is 0 Å². The molecule has 6 nitrogen and oxygen atoms in total. The zero-order valence-corrected chi connectivity index (χ0v) is 39.0. The average Bonchev–Trinajstić information content (AvgIpc) is 3.24. The molecule has 0 saturated carbocycles. The summed E-state index contributed by atoms with van der Waals surface area (Å²) >= 11 is 0. The molecule has 6 heteroatoms. The van der Waals surface area contributed by atoms with Crippen molar-refractivity contribution >= 4 is 11.9 Å². The molecule has 1 amide bonds. The van der Waals surface area contributed by atoms with Crippen molar-refractivity contribution in [3.8, 4) is 0 Å². The number of esters is 1. The van der Waals surface area contributed by atoms with E-state index in [1.54, 1.807) is 6.08 Å². The number of ether oxygens (including phenoxy) is 1. The molecular weight excluding hydrogens is 731 g/mol. The number of aliphatic hydroxyl groups is 2. The van der Waals surface area contributed by atoms with E-state index in [1.807, 2.05) is 6.08 Å². The third kappa shape index (κ3) is 45.2. The second-order valence-electron chi connectivity index (χ2n) is 17.1. The first-order valence-corrected chi connectivity index (χ1v) is 25.4. The van der Waals surface area contributed by atoms with Gasteiger partial charge in [-0.1, -0.05) is 204 Å². The average molecular weight is 828 g/mol. The third-order valence-electron chi connectivity index (χ3n) is 11.3. The highest BCUT2D eigenvalue weighted by molar-refractivity contribution is 5.76. The fourth-order valence-electron chi connectivity index (χ4n) is 7.35. The molecule has 0 aromatic rings. The van der Waals surface area contributed by atoms with E-state index in [9.17, 15) is 19.8 Å². The number of carbonyl (C=O) groups excluding carboxylic acids is 2. The first-order chi connectivity index (χ1) is 29.0. The molecule has 0 heterocycles. The van der Waals surface area contributed by atoms with E-state index >= 15 is 0 Å². The zero-order chi connectivity index (χ0) is 43.0. The van der Waals surface area contributed by atoms with E-state index in [4.69, 9.17) is 4.74 Å². The number of nitrogens with one attached hydrogen (secondary N) is 1. The molecule has 0 bridgehead atoms. The fraction of sp³-hybridized carbons (Fsp3) is 0.811. The second kappa shape index (κ2) is 48.5. The molecule has 0 aliphatic carbocycles. The molecule has 0 aromatic heterocycles. The number of unbranched alkanes of at least 4 members (excludes halogenated alkanes) is 29. The van der Waals surface area contributed by atoms with Crippen molar-refractivity contribution in [2.75, 3.05) is 13.2 Å². The maximum Gasteiger partial charge on any atom is 0.305 e. The summed E-state index contributed by atoms with van der Waals surface area (Å²) in [6.45, 7) is 4.80. The van der Waals surface area contributed by atoms with Crippen LogP contribution in [-0.4, -0.2) is 47.4 Å². The Kier molecular flexibility index (Phi) is 46.7. The summed E-state index contributed by atoms with van der Waals surface area (Å²) in [5.74, 6) is -0.113. The van der Waals surface area contributed by atoms with E-state index in [2.05, 4.69) is 55.6 Å². The van der Waals surface area contributed by atoms with Gasteiger partial charge in [-0.3, -0.25) is 9.59 Å². The van der Waals surface area contributed by atoms with Gasteiger partial charge >= 0.3 is 5.97 Å². The number of rotatable bonds is 46. The smallest absolute Gasteiger partial charge is 0.305 e. The first kappa shape index (κ1) is 56.8. The molecule has 3 N–H and O–H groups in total. The molecule has 0 saturated heterocycles. The summed E-state index contributed by atoms with van der Waals surface area (Å²) in [5, 5.41) is 23.0. The van der Waals surface area contributed by atoms with Crippen molar-refractivity contribution in [2.24, 2.45) is 0 Å². The van der Waals surface area contributed by atoms with Gasteiger partial charge in [-0.05, 0) is 83.5 Å². The molecule has 344 valence electrons. The predicted octanol–water partition coefficient (Wildman–Crippen LogP) is 15.1. The minimum Gasteiger partial charge on any atom is -0.466 e. The van der Waals surface area contributed by atoms with E-state index < -0.39 is 12.1 Å². The minimum atomic E-state index is -0.854. The molecule has 0 aromatic carbocycles. The van der Waals surface area contributed by atoms with Crippen LogP contribution in [0.25, 0.3) is 0 Å². The summed E-state index contributed by atoms with van der Waals surface area (Å²) in [5.41, 5.74) is 0. The number of allylic oxidation sites excluding steroid dienone is 7. The van der Waals surface area contributed by atoms with Crippen LogP contribution in [-0.2, 0) is 14.3 Å². The van der Waals surface area contributed by atoms with Gasteiger partial charge < -0.3 is 20.3 Å². The standard InChI is InChI=1S/C53H97NO5/c1-3-5-7-9-11-13-15-17-23-27-31-35-39-43-47-53(58)59-48-44-40-36-32-28-24-20-18-19-22-26-30-34-38-42-46-52(57)54-50(49-55)51(56)45-41-37-33-29-25-21-16-14-12-10-8-6-4-2/h9,11,15,17,20,24,41,45,50-51,55-56H,3-8,10,12-14,16,18-19,21-23,25-40,42-44,46-49H2,1-2H3,(H,54,57)/b11-9-,17-15-,24-20-,45-41+. The van der Waals surface area contributed by atoms with Gasteiger partial charge in [-0.15, -0.1) is 0 Å². The lowest BCUT2D eigenvalue weighted by molar-refractivity contribution is -0.143. The summed E-state index contributed by atoms with van der Waals surface area (Å²) in [6, 6.07) is -0.639. The molecule has 59 heavy (non-hydrogen) atoms. The van der Waals surface area contributed by atoms with E-state index in [1.165, 1.54) is 141 Å². The van der Waals surface area contributed by atoms with Crippen LogP contribution in [0.15, 0.2) is 48.6 Å². The van der Waals surface area contributed by atoms with Gasteiger partial charge in [0.15, 0.2) is 0 Å². The molecule has 0 rings (SSSR count). The van der Waals surface area contributed by atoms with E-state index in [0.29, 0.717) is 19.4 Å². The summed E-state index contributed by atoms with van der Waals surface area (Å²) in [6.07, 6.45) is 59.6. The van der Waals surface area contributed by atoms with Crippen molar-refractivity contribution in [3.05, 3.63) is 48.6 Å². The zero-order valence-electron chi connectivity index (χ0n) is 39.0. The van der Waals surface area contributed by atoms with Crippen LogP contribution in [0.1, 0.15) is 251 Å². The highest BCUT2D eigenvalue weighted by Crippen LogP contribution is 2.14. The number of hydrogen-bond acceptors (Lipinski definition) is 5. The van der Waals surface area contributed by atoms with Gasteiger partial charge in [0.1, 0.15) is 0 Å². The van der Waals surface area contributed by atoms with Crippen molar-refractivity contribution in [2.45, 2.75) is 264 Å². The molecule has 0 aliphatic heterocycles. The van der Waals surface area contributed by atoms with Gasteiger partial charge in [0.25, 0.3) is 0 Å². The Morgan fingerprint density at radius 1 is 0.475 bits per heavy atom. The van der Waals surface area contributed by atoms with Gasteiger partial charge in [0.05, 0.1) is 25.4 Å². The van der Waals surface area contributed by atoms with Crippen LogP contribution < -0.4 is 5.32 Å². The number of amides is 1. The van der Waals surface area contributed by atoms with Crippen LogP contribution in [0.5, 0.6) is 0 Å². The Hall–Kier alpha value is -2.18. The molecule has 2 unspecified atom stereocenters. The Labute approximate surface area is 366 Å². The molecule has 0 fully saturated rings. The Morgan fingerprint density at radius 3 is 1.36 bits per heavy atom. The molecule has 2 atom stereocenters. The van der Waals surface area contributed by atoms with Crippen LogP contribution in [0, 0.1) is 0 Å². The largest absolute Gasteiger partial charge is 0.466 e. The summed E-state index contributed by atoms with van der Waals surface area (Å²) in [4.78, 5) is 24.4. The number of aliphatic hydroxyl groups excluding tert-OH is 2. The van der Waals surface area contributed by atoms with Gasteiger partial charge in [-0.2, -0.15) is 0 Å². The highest BCUT2D eigenvalue weighted by Gasteiger charge is 2.18. The quantitative estimate of drug-likeness (QED) is 0.0323. The van der Waals surface area contributed by atoms with Crippen molar-refractivity contribution in [1.29, 1.82) is 0 Å². The maximum atomic E-state index is 12.4. The second-order valence-corrected chi connectivity index (χ2v) is 17.1. The Balaban J connectivity index is 3.53. The normalized spacial score (nSPS) is 13.1. The Morgan fingerprint density at radius 2 is 0.864 bits per heavy atom. The van der Waals surface area contributed by atoms with Crippen LogP contribution >= 0.6 is 0 Å². The van der Waals surface area contributed by atoms with Gasteiger partial charge in [0, 0.05) is 12.8 Å². The lowest BCUT2D eigenvalue weighted by atomic mass is 10.0. The monoisotopic (exact) mass is 828 g/mol. The fourth-order valence-corrected chi connectivity index (χ4v) is 7.35. The lowest BCUT2D eigenvalue weighted by Gasteiger charge is -2.20. The van der Waals surface area contributed by atoms with Crippen LogP contribution in [0.3, 0.4) is 0 Å². The Bertz CT molecular complexity index is 1000.